The van der Waals surface area contributed by atoms with Gasteiger partial charge in [0.1, 0.15) is 0 Å². The van der Waals surface area contributed by atoms with Gasteiger partial charge in [0.2, 0.25) is 0 Å². The van der Waals surface area contributed by atoms with Crippen LogP contribution >= 0.6 is 0 Å². The van der Waals surface area contributed by atoms with E-state index in [1.807, 2.05) is 0 Å². The third kappa shape index (κ3) is 11.7. The molecule has 77 valence electrons. The molecule has 0 aromatic heterocycles. The average Bonchev–Trinajstić information content (AvgIpc) is 2.16. The Morgan fingerprint density at radius 1 is 0.846 bits per heavy atom. The number of hydrogen-bond donors (Lipinski definition) is 0. The molecule has 0 fully saturated rings. The molecule has 0 aliphatic rings. The minimum atomic E-state index is 0.0974. The van der Waals surface area contributed by atoms with Crippen LogP contribution < -0.4 is 0 Å². The standard InChI is InChI=1S/C12H23O/c1-2-3-4-5-6-7-8-9-10-11-12-13/h6-7H,2-5,8-12H2,1H3. The van der Waals surface area contributed by atoms with Gasteiger partial charge < -0.3 is 0 Å². The Morgan fingerprint density at radius 3 is 2.00 bits per heavy atom. The Hall–Kier alpha value is -0.300. The monoisotopic (exact) mass is 183 g/mol. The van der Waals surface area contributed by atoms with Crippen molar-refractivity contribution < 1.29 is 5.11 Å². The quantitative estimate of drug-likeness (QED) is 0.378. The molecule has 0 amide bonds. The first-order valence-electron chi connectivity index (χ1n) is 5.65. The lowest BCUT2D eigenvalue weighted by atomic mass is 10.1. The molecule has 0 aromatic carbocycles. The van der Waals surface area contributed by atoms with E-state index in [0.717, 1.165) is 19.3 Å². The zero-order chi connectivity index (χ0) is 9.78. The van der Waals surface area contributed by atoms with Crippen LogP contribution in [0.25, 0.3) is 0 Å². The maximum Gasteiger partial charge on any atom is 0.0822 e. The van der Waals surface area contributed by atoms with Gasteiger partial charge in [0, 0.05) is 0 Å². The summed E-state index contributed by atoms with van der Waals surface area (Å²) in [6, 6.07) is 0. The highest BCUT2D eigenvalue weighted by molar-refractivity contribution is 4.81. The first-order valence-corrected chi connectivity index (χ1v) is 5.65. The fourth-order valence-electron chi connectivity index (χ4n) is 1.29. The molecule has 0 aromatic rings. The van der Waals surface area contributed by atoms with Crippen molar-refractivity contribution in [1.82, 2.24) is 0 Å². The summed E-state index contributed by atoms with van der Waals surface area (Å²) in [7, 11) is 0. The summed E-state index contributed by atoms with van der Waals surface area (Å²) in [6.45, 7) is 2.33. The third-order valence-corrected chi connectivity index (χ3v) is 2.16. The van der Waals surface area contributed by atoms with E-state index >= 15 is 0 Å². The van der Waals surface area contributed by atoms with Crippen LogP contribution in [0.15, 0.2) is 12.2 Å². The predicted molar refractivity (Wildman–Crippen MR) is 57.3 cm³/mol. The number of allylic oxidation sites excluding steroid dienone is 2. The zero-order valence-corrected chi connectivity index (χ0v) is 8.93. The van der Waals surface area contributed by atoms with Crippen LogP contribution in [0.3, 0.4) is 0 Å². The van der Waals surface area contributed by atoms with Crippen LogP contribution in [0.4, 0.5) is 0 Å². The van der Waals surface area contributed by atoms with E-state index in [9.17, 15) is 5.11 Å². The van der Waals surface area contributed by atoms with Crippen LogP contribution in [0.5, 0.6) is 0 Å². The molecule has 1 radical (unpaired) electrons. The topological polar surface area (TPSA) is 19.9 Å². The summed E-state index contributed by atoms with van der Waals surface area (Å²) in [6.07, 6.45) is 14.1. The van der Waals surface area contributed by atoms with E-state index in [4.69, 9.17) is 0 Å². The Balaban J connectivity index is 2.95. The van der Waals surface area contributed by atoms with Gasteiger partial charge in [-0.2, -0.15) is 0 Å². The Morgan fingerprint density at radius 2 is 1.46 bits per heavy atom. The van der Waals surface area contributed by atoms with Gasteiger partial charge in [0.05, 0.1) is 6.61 Å². The van der Waals surface area contributed by atoms with Crippen LogP contribution in [-0.4, -0.2) is 6.61 Å². The van der Waals surface area contributed by atoms with Gasteiger partial charge >= 0.3 is 0 Å². The van der Waals surface area contributed by atoms with E-state index in [0.29, 0.717) is 0 Å². The van der Waals surface area contributed by atoms with Crippen LogP contribution in [0.2, 0.25) is 0 Å². The van der Waals surface area contributed by atoms with Crippen LogP contribution in [0, 0.1) is 0 Å². The van der Waals surface area contributed by atoms with Crippen LogP contribution in [0.1, 0.15) is 58.3 Å². The van der Waals surface area contributed by atoms with Crippen molar-refractivity contribution in [2.75, 3.05) is 6.61 Å². The molecular formula is C12H23O. The molecular weight excluding hydrogens is 160 g/mol. The van der Waals surface area contributed by atoms with Gasteiger partial charge in [-0.1, -0.05) is 38.3 Å². The van der Waals surface area contributed by atoms with Gasteiger partial charge in [0.25, 0.3) is 0 Å². The van der Waals surface area contributed by atoms with Crippen molar-refractivity contribution in [1.29, 1.82) is 0 Å². The number of hydrogen-bond acceptors (Lipinski definition) is 0. The minimum absolute atomic E-state index is 0.0974. The molecule has 13 heavy (non-hydrogen) atoms. The van der Waals surface area contributed by atoms with Gasteiger partial charge in [-0.05, 0) is 32.1 Å². The molecule has 1 heteroatoms. The maximum absolute atomic E-state index is 10.1. The summed E-state index contributed by atoms with van der Waals surface area (Å²) in [5, 5.41) is 10.1. The van der Waals surface area contributed by atoms with E-state index in [1.165, 1.54) is 32.1 Å². The molecule has 0 aliphatic carbocycles. The molecule has 0 heterocycles. The largest absolute Gasteiger partial charge is 0.237 e. The van der Waals surface area contributed by atoms with Crippen LogP contribution in [-0.2, 0) is 5.11 Å². The molecule has 0 rings (SSSR count). The summed E-state index contributed by atoms with van der Waals surface area (Å²) in [5.74, 6) is 0. The Labute approximate surface area is 82.9 Å². The summed E-state index contributed by atoms with van der Waals surface area (Å²) in [5.41, 5.74) is 0. The first kappa shape index (κ1) is 12.7. The van der Waals surface area contributed by atoms with E-state index in [-0.39, 0.29) is 6.61 Å². The molecule has 0 spiro atoms. The molecule has 0 aliphatic heterocycles. The Bertz CT molecular complexity index is 108. The van der Waals surface area contributed by atoms with Crippen molar-refractivity contribution in [2.24, 2.45) is 0 Å². The highest BCUT2D eigenvalue weighted by Gasteiger charge is 1.85. The minimum Gasteiger partial charge on any atom is -0.237 e. The zero-order valence-electron chi connectivity index (χ0n) is 8.93. The average molecular weight is 183 g/mol. The number of rotatable bonds is 9. The maximum atomic E-state index is 10.1. The smallest absolute Gasteiger partial charge is 0.0822 e. The summed E-state index contributed by atoms with van der Waals surface area (Å²) >= 11 is 0. The number of unbranched alkanes of at least 4 members (excludes halogenated alkanes) is 6. The first-order chi connectivity index (χ1) is 6.41. The molecule has 0 N–H and O–H groups in total. The fourth-order valence-corrected chi connectivity index (χ4v) is 1.29. The van der Waals surface area contributed by atoms with Gasteiger partial charge in [-0.25, -0.2) is 5.11 Å². The lowest BCUT2D eigenvalue weighted by molar-refractivity contribution is 0.186. The van der Waals surface area contributed by atoms with Gasteiger partial charge in [-0.15, -0.1) is 0 Å². The van der Waals surface area contributed by atoms with Crippen molar-refractivity contribution in [3.63, 3.8) is 0 Å². The van der Waals surface area contributed by atoms with Gasteiger partial charge in [-0.3, -0.25) is 0 Å². The molecule has 0 saturated heterocycles. The second kappa shape index (κ2) is 11.7. The molecule has 0 atom stereocenters. The second-order valence-electron chi connectivity index (χ2n) is 3.52. The van der Waals surface area contributed by atoms with E-state index < -0.39 is 0 Å². The lowest BCUT2D eigenvalue weighted by Crippen LogP contribution is -1.80. The van der Waals surface area contributed by atoms with Crippen molar-refractivity contribution in [3.8, 4) is 0 Å². The van der Waals surface area contributed by atoms with Crippen molar-refractivity contribution in [3.05, 3.63) is 12.2 Å². The third-order valence-electron chi connectivity index (χ3n) is 2.16. The fraction of sp³-hybridized carbons (Fsp3) is 0.833. The normalized spacial score (nSPS) is 11.2. The van der Waals surface area contributed by atoms with Crippen molar-refractivity contribution >= 4 is 0 Å². The SMILES string of the molecule is CCCCCC=CCCCCC[O]. The van der Waals surface area contributed by atoms with Gasteiger partial charge in [0.15, 0.2) is 0 Å². The molecule has 0 unspecified atom stereocenters. The predicted octanol–water partition coefficient (Wildman–Crippen LogP) is 4.11. The molecule has 1 nitrogen and oxygen atoms in total. The summed E-state index contributed by atoms with van der Waals surface area (Å²) in [4.78, 5) is 0. The highest BCUT2D eigenvalue weighted by atomic mass is 16.2. The van der Waals surface area contributed by atoms with Crippen molar-refractivity contribution in [2.45, 2.75) is 58.3 Å². The van der Waals surface area contributed by atoms with E-state index in [1.54, 1.807) is 0 Å². The molecule has 0 bridgehead atoms. The Kier molecular flexibility index (Phi) is 11.4. The second-order valence-corrected chi connectivity index (χ2v) is 3.52. The van der Waals surface area contributed by atoms with E-state index in [2.05, 4.69) is 19.1 Å². The highest BCUT2D eigenvalue weighted by Crippen LogP contribution is 2.03. The lowest BCUT2D eigenvalue weighted by Gasteiger charge is -1.94. The molecule has 0 saturated carbocycles. The summed E-state index contributed by atoms with van der Waals surface area (Å²) < 4.78 is 0.